The van der Waals surface area contributed by atoms with Gasteiger partial charge in [0.25, 0.3) is 0 Å². The van der Waals surface area contributed by atoms with Crippen molar-refractivity contribution >= 4 is 5.69 Å². The Morgan fingerprint density at radius 1 is 0.879 bits per heavy atom. The van der Waals surface area contributed by atoms with Crippen LogP contribution in [0.15, 0.2) is 66.7 Å². The van der Waals surface area contributed by atoms with E-state index in [1.165, 1.54) is 50.0 Å². The average Bonchev–Trinajstić information content (AvgIpc) is 2.85. The van der Waals surface area contributed by atoms with Gasteiger partial charge in [0.05, 0.1) is 6.04 Å². The normalized spacial score (nSPS) is 18.7. The number of rotatable bonds is 6. The van der Waals surface area contributed by atoms with Crippen molar-refractivity contribution in [2.45, 2.75) is 31.7 Å². The maximum atomic E-state index is 13.6. The van der Waals surface area contributed by atoms with Crippen LogP contribution in [0.5, 0.6) is 11.5 Å². The summed E-state index contributed by atoms with van der Waals surface area (Å²) in [5.41, 5.74) is 4.46. The lowest BCUT2D eigenvalue weighted by molar-refractivity contribution is 0.183. The molecule has 1 fully saturated rings. The third kappa shape index (κ3) is 4.98. The Labute approximate surface area is 195 Å². The van der Waals surface area contributed by atoms with Gasteiger partial charge in [0.15, 0.2) is 0 Å². The number of phenols is 1. The Morgan fingerprint density at radius 3 is 2.39 bits per heavy atom. The Morgan fingerprint density at radius 2 is 1.64 bits per heavy atom. The van der Waals surface area contributed by atoms with Gasteiger partial charge in [0.1, 0.15) is 23.9 Å². The lowest BCUT2D eigenvalue weighted by Crippen LogP contribution is -2.36. The molecule has 172 valence electrons. The number of phenolic OH excluding ortho intramolecular Hbond substituents is 1. The van der Waals surface area contributed by atoms with Gasteiger partial charge in [-0.3, -0.25) is 4.90 Å². The van der Waals surface area contributed by atoms with Gasteiger partial charge in [0.2, 0.25) is 0 Å². The van der Waals surface area contributed by atoms with Gasteiger partial charge in [-0.1, -0.05) is 24.6 Å². The third-order valence-corrected chi connectivity index (χ3v) is 6.83. The Kier molecular flexibility index (Phi) is 6.49. The molecular weight excluding hydrogens is 415 g/mol. The van der Waals surface area contributed by atoms with E-state index in [0.29, 0.717) is 12.4 Å². The predicted molar refractivity (Wildman–Crippen MR) is 130 cm³/mol. The number of nitrogens with zero attached hydrogens (tertiary/aromatic N) is 2. The molecule has 1 saturated heterocycles. The second-order valence-corrected chi connectivity index (χ2v) is 9.03. The highest BCUT2D eigenvalue weighted by molar-refractivity contribution is 5.57. The molecule has 4 nitrogen and oxygen atoms in total. The summed E-state index contributed by atoms with van der Waals surface area (Å²) in [5.74, 6) is 0.940. The molecule has 5 rings (SSSR count). The van der Waals surface area contributed by atoms with Crippen LogP contribution in [0.25, 0.3) is 0 Å². The molecular formula is C28H31FN2O2. The van der Waals surface area contributed by atoms with Crippen LogP contribution in [0.3, 0.4) is 0 Å². The lowest BCUT2D eigenvalue weighted by atomic mass is 9.87. The first-order valence-electron chi connectivity index (χ1n) is 12.0. The molecule has 0 aliphatic carbocycles. The second-order valence-electron chi connectivity index (χ2n) is 9.03. The van der Waals surface area contributed by atoms with Crippen LogP contribution in [-0.4, -0.2) is 42.8 Å². The zero-order valence-electron chi connectivity index (χ0n) is 18.9. The van der Waals surface area contributed by atoms with Crippen molar-refractivity contribution in [3.63, 3.8) is 0 Å². The van der Waals surface area contributed by atoms with Crippen LogP contribution in [0.2, 0.25) is 0 Å². The molecule has 2 heterocycles. The van der Waals surface area contributed by atoms with Crippen molar-refractivity contribution in [2.24, 2.45) is 0 Å². The van der Waals surface area contributed by atoms with Crippen molar-refractivity contribution in [3.05, 3.63) is 89.2 Å². The van der Waals surface area contributed by atoms with Crippen molar-refractivity contribution in [1.82, 2.24) is 4.90 Å². The average molecular weight is 447 g/mol. The van der Waals surface area contributed by atoms with Gasteiger partial charge in [-0.25, -0.2) is 4.39 Å². The van der Waals surface area contributed by atoms with Crippen LogP contribution in [0.4, 0.5) is 10.1 Å². The number of hydrogen-bond donors (Lipinski definition) is 1. The fourth-order valence-electron chi connectivity index (χ4n) is 5.11. The summed E-state index contributed by atoms with van der Waals surface area (Å²) in [4.78, 5) is 4.79. The molecule has 3 aromatic rings. The summed E-state index contributed by atoms with van der Waals surface area (Å²) in [5, 5.41) is 10.00. The number of piperidine rings is 1. The van der Waals surface area contributed by atoms with E-state index in [1.807, 2.05) is 36.4 Å². The number of ether oxygens (including phenoxy) is 1. The smallest absolute Gasteiger partial charge is 0.123 e. The van der Waals surface area contributed by atoms with Crippen LogP contribution in [0, 0.1) is 5.82 Å². The number of anilines is 1. The topological polar surface area (TPSA) is 35.9 Å². The van der Waals surface area contributed by atoms with E-state index < -0.39 is 0 Å². The van der Waals surface area contributed by atoms with E-state index >= 15 is 0 Å². The molecule has 1 unspecified atom stereocenters. The number of fused-ring (bicyclic) bond motifs is 1. The molecule has 0 amide bonds. The zero-order valence-corrected chi connectivity index (χ0v) is 18.9. The highest BCUT2D eigenvalue weighted by atomic mass is 19.1. The molecule has 3 aromatic carbocycles. The van der Waals surface area contributed by atoms with Crippen LogP contribution in [-0.2, 0) is 6.42 Å². The minimum absolute atomic E-state index is 0.0118. The Balaban J connectivity index is 1.36. The fourth-order valence-corrected chi connectivity index (χ4v) is 5.11. The molecule has 1 N–H and O–H groups in total. The van der Waals surface area contributed by atoms with Crippen molar-refractivity contribution in [1.29, 1.82) is 0 Å². The minimum Gasteiger partial charge on any atom is -0.508 e. The first-order valence-corrected chi connectivity index (χ1v) is 12.0. The molecule has 0 radical (unpaired) electrons. The number of likely N-dealkylation sites (tertiary alicyclic amines) is 1. The second kappa shape index (κ2) is 9.84. The molecule has 1 atom stereocenters. The molecule has 2 aliphatic heterocycles. The molecule has 2 aliphatic rings. The first-order chi connectivity index (χ1) is 16.2. The first kappa shape index (κ1) is 21.8. The Bertz CT molecular complexity index is 1060. The summed E-state index contributed by atoms with van der Waals surface area (Å²) in [6.07, 6.45) is 4.76. The van der Waals surface area contributed by atoms with E-state index in [1.54, 1.807) is 6.07 Å². The maximum absolute atomic E-state index is 13.6. The fraction of sp³-hybridized carbons (Fsp3) is 0.357. The molecule has 33 heavy (non-hydrogen) atoms. The number of aromatic hydroxyl groups is 1. The van der Waals surface area contributed by atoms with Gasteiger partial charge in [-0.05, 0) is 97.6 Å². The maximum Gasteiger partial charge on any atom is 0.123 e. The van der Waals surface area contributed by atoms with Crippen LogP contribution < -0.4 is 9.64 Å². The van der Waals surface area contributed by atoms with Gasteiger partial charge in [-0.15, -0.1) is 0 Å². The number of benzene rings is 3. The molecule has 0 bridgehead atoms. The minimum atomic E-state index is -0.233. The van der Waals surface area contributed by atoms with Gasteiger partial charge >= 0.3 is 0 Å². The summed E-state index contributed by atoms with van der Waals surface area (Å²) >= 11 is 0. The van der Waals surface area contributed by atoms with Crippen molar-refractivity contribution in [2.75, 3.05) is 37.7 Å². The van der Waals surface area contributed by atoms with E-state index in [4.69, 9.17) is 4.74 Å². The van der Waals surface area contributed by atoms with E-state index in [0.717, 1.165) is 42.1 Å². The quantitative estimate of drug-likeness (QED) is 0.539. The number of halogens is 1. The number of hydrogen-bond acceptors (Lipinski definition) is 4. The van der Waals surface area contributed by atoms with Crippen LogP contribution >= 0.6 is 0 Å². The van der Waals surface area contributed by atoms with Gasteiger partial charge in [-0.2, -0.15) is 0 Å². The Hall–Kier alpha value is -3.05. The summed E-state index contributed by atoms with van der Waals surface area (Å²) in [6.45, 7) is 4.82. The highest BCUT2D eigenvalue weighted by Crippen LogP contribution is 2.39. The third-order valence-electron chi connectivity index (χ3n) is 6.83. The van der Waals surface area contributed by atoms with Crippen molar-refractivity contribution in [3.8, 4) is 11.5 Å². The zero-order chi connectivity index (χ0) is 22.6. The van der Waals surface area contributed by atoms with Gasteiger partial charge < -0.3 is 14.7 Å². The van der Waals surface area contributed by atoms with E-state index in [2.05, 4.69) is 21.9 Å². The van der Waals surface area contributed by atoms with E-state index in [9.17, 15) is 9.50 Å². The van der Waals surface area contributed by atoms with Gasteiger partial charge in [0, 0.05) is 18.8 Å². The molecule has 0 spiro atoms. The van der Waals surface area contributed by atoms with Crippen molar-refractivity contribution < 1.29 is 14.2 Å². The SMILES string of the molecule is Oc1ccc2c(c1)CCN(c1ccc(F)cc1)C2c1ccc(OCCN2CCCCC2)cc1. The predicted octanol–water partition coefficient (Wildman–Crippen LogP) is 5.55. The standard InChI is InChI=1S/C28H31FN2O2/c29-23-6-8-24(9-7-23)31-17-14-22-20-25(32)10-13-27(22)28(31)21-4-11-26(12-5-21)33-19-18-30-15-2-1-3-16-30/h4-13,20,28,32H,1-3,14-19H2. The molecule has 0 aromatic heterocycles. The largest absolute Gasteiger partial charge is 0.508 e. The summed E-state index contributed by atoms with van der Waals surface area (Å²) < 4.78 is 19.6. The summed E-state index contributed by atoms with van der Waals surface area (Å²) in [6, 6.07) is 20.6. The highest BCUT2D eigenvalue weighted by Gasteiger charge is 2.29. The van der Waals surface area contributed by atoms with Crippen LogP contribution in [0.1, 0.15) is 42.0 Å². The molecule has 5 heteroatoms. The lowest BCUT2D eigenvalue weighted by Gasteiger charge is -2.39. The summed E-state index contributed by atoms with van der Waals surface area (Å²) in [7, 11) is 0. The van der Waals surface area contributed by atoms with E-state index in [-0.39, 0.29) is 11.9 Å². The molecule has 0 saturated carbocycles. The monoisotopic (exact) mass is 446 g/mol.